The Balaban J connectivity index is 2.53. The average Bonchev–Trinajstić information content (AvgIpc) is 2.56. The number of nitrogens with one attached hydrogen (secondary N) is 1. The maximum Gasteiger partial charge on any atom is 0.00471 e. The van der Waals surface area contributed by atoms with Crippen LogP contribution in [0.15, 0.2) is 0 Å². The number of rotatable bonds is 8. The van der Waals surface area contributed by atoms with Crippen molar-refractivity contribution in [3.63, 3.8) is 0 Å². The fourth-order valence-corrected chi connectivity index (χ4v) is 3.43. The van der Waals surface area contributed by atoms with Crippen molar-refractivity contribution in [2.45, 2.75) is 65.2 Å². The van der Waals surface area contributed by atoms with Gasteiger partial charge in [0.05, 0.1) is 0 Å². The maximum atomic E-state index is 3.69. The summed E-state index contributed by atoms with van der Waals surface area (Å²) in [5, 5.41) is 3.69. The molecule has 18 heavy (non-hydrogen) atoms. The Kier molecular flexibility index (Phi) is 7.92. The second-order valence-corrected chi connectivity index (χ2v) is 6.33. The van der Waals surface area contributed by atoms with Crippen molar-refractivity contribution in [1.82, 2.24) is 10.2 Å². The van der Waals surface area contributed by atoms with Gasteiger partial charge in [-0.1, -0.05) is 39.5 Å². The summed E-state index contributed by atoms with van der Waals surface area (Å²) in [5.74, 6) is 0. The van der Waals surface area contributed by atoms with E-state index in [0.29, 0.717) is 5.41 Å². The first kappa shape index (κ1) is 16.0. The maximum absolute atomic E-state index is 3.69. The molecule has 0 heterocycles. The summed E-state index contributed by atoms with van der Waals surface area (Å²) in [6.45, 7) is 9.49. The van der Waals surface area contributed by atoms with Crippen LogP contribution in [0.25, 0.3) is 0 Å². The van der Waals surface area contributed by atoms with Gasteiger partial charge in [0.25, 0.3) is 0 Å². The van der Waals surface area contributed by atoms with Crippen molar-refractivity contribution >= 4 is 0 Å². The Labute approximate surface area is 115 Å². The van der Waals surface area contributed by atoms with Gasteiger partial charge in [-0.25, -0.2) is 0 Å². The van der Waals surface area contributed by atoms with E-state index in [1.165, 1.54) is 77.5 Å². The molecule has 108 valence electrons. The minimum absolute atomic E-state index is 0.551. The molecule has 1 fully saturated rings. The van der Waals surface area contributed by atoms with E-state index in [4.69, 9.17) is 0 Å². The van der Waals surface area contributed by atoms with Crippen LogP contribution >= 0.6 is 0 Å². The fraction of sp³-hybridized carbons (Fsp3) is 1.00. The van der Waals surface area contributed by atoms with Crippen LogP contribution in [0, 0.1) is 5.41 Å². The first-order valence-electron chi connectivity index (χ1n) is 8.12. The first-order chi connectivity index (χ1) is 8.72. The molecule has 0 aromatic carbocycles. The molecule has 0 bridgehead atoms. The molecule has 0 aromatic rings. The monoisotopic (exact) mass is 254 g/mol. The SMILES string of the molecule is CCCNCC1(CN(C)CCC)CCCCCC1. The summed E-state index contributed by atoms with van der Waals surface area (Å²) < 4.78 is 0. The second-order valence-electron chi connectivity index (χ2n) is 6.33. The molecule has 2 heteroatoms. The number of hydrogen-bond acceptors (Lipinski definition) is 2. The zero-order chi connectivity index (χ0) is 13.3. The molecule has 0 saturated heterocycles. The summed E-state index contributed by atoms with van der Waals surface area (Å²) in [5.41, 5.74) is 0.551. The summed E-state index contributed by atoms with van der Waals surface area (Å²) in [4.78, 5) is 2.55. The van der Waals surface area contributed by atoms with E-state index in [1.54, 1.807) is 0 Å². The van der Waals surface area contributed by atoms with Crippen LogP contribution in [0.1, 0.15) is 65.2 Å². The third-order valence-electron chi connectivity index (χ3n) is 4.30. The fourth-order valence-electron chi connectivity index (χ4n) is 3.43. The minimum atomic E-state index is 0.551. The van der Waals surface area contributed by atoms with Crippen LogP contribution in [0.4, 0.5) is 0 Å². The Morgan fingerprint density at radius 2 is 1.67 bits per heavy atom. The first-order valence-corrected chi connectivity index (χ1v) is 8.12. The van der Waals surface area contributed by atoms with Crippen molar-refractivity contribution < 1.29 is 0 Å². The molecule has 1 N–H and O–H groups in total. The van der Waals surface area contributed by atoms with Gasteiger partial charge in [-0.05, 0) is 51.2 Å². The Morgan fingerprint density at radius 1 is 1.00 bits per heavy atom. The molecule has 1 aliphatic carbocycles. The standard InChI is InChI=1S/C16H34N2/c1-4-12-17-14-16(15-18(3)13-5-2)10-8-6-7-9-11-16/h17H,4-15H2,1-3H3. The summed E-state index contributed by atoms with van der Waals surface area (Å²) in [6.07, 6.45) is 11.2. The van der Waals surface area contributed by atoms with E-state index in [1.807, 2.05) is 0 Å². The number of nitrogens with zero attached hydrogens (tertiary/aromatic N) is 1. The van der Waals surface area contributed by atoms with Crippen molar-refractivity contribution in [1.29, 1.82) is 0 Å². The Hall–Kier alpha value is -0.0800. The van der Waals surface area contributed by atoms with Gasteiger partial charge < -0.3 is 10.2 Å². The van der Waals surface area contributed by atoms with Gasteiger partial charge in [-0.2, -0.15) is 0 Å². The van der Waals surface area contributed by atoms with Crippen molar-refractivity contribution in [2.24, 2.45) is 5.41 Å². The topological polar surface area (TPSA) is 15.3 Å². The highest BCUT2D eigenvalue weighted by molar-refractivity contribution is 4.86. The largest absolute Gasteiger partial charge is 0.316 e. The van der Waals surface area contributed by atoms with Crippen LogP contribution < -0.4 is 5.32 Å². The zero-order valence-corrected chi connectivity index (χ0v) is 12.9. The van der Waals surface area contributed by atoms with Crippen LogP contribution in [-0.2, 0) is 0 Å². The van der Waals surface area contributed by atoms with E-state index < -0.39 is 0 Å². The van der Waals surface area contributed by atoms with E-state index in [-0.39, 0.29) is 0 Å². The molecule has 0 aromatic heterocycles. The third kappa shape index (κ3) is 5.71. The molecule has 1 aliphatic rings. The molecular weight excluding hydrogens is 220 g/mol. The lowest BCUT2D eigenvalue weighted by Gasteiger charge is -2.37. The van der Waals surface area contributed by atoms with Gasteiger partial charge in [-0.15, -0.1) is 0 Å². The highest BCUT2D eigenvalue weighted by Gasteiger charge is 2.31. The number of hydrogen-bond donors (Lipinski definition) is 1. The van der Waals surface area contributed by atoms with Gasteiger partial charge in [0.1, 0.15) is 0 Å². The molecule has 0 radical (unpaired) electrons. The van der Waals surface area contributed by atoms with E-state index in [9.17, 15) is 0 Å². The van der Waals surface area contributed by atoms with Gasteiger partial charge in [-0.3, -0.25) is 0 Å². The predicted octanol–water partition coefficient (Wildman–Crippen LogP) is 3.67. The summed E-state index contributed by atoms with van der Waals surface area (Å²) in [6, 6.07) is 0. The molecule has 2 nitrogen and oxygen atoms in total. The molecule has 0 amide bonds. The Bertz CT molecular complexity index is 195. The molecule has 0 unspecified atom stereocenters. The summed E-state index contributed by atoms with van der Waals surface area (Å²) in [7, 11) is 2.30. The van der Waals surface area contributed by atoms with Crippen molar-refractivity contribution in [3.05, 3.63) is 0 Å². The van der Waals surface area contributed by atoms with E-state index >= 15 is 0 Å². The highest BCUT2D eigenvalue weighted by atomic mass is 15.1. The van der Waals surface area contributed by atoms with Gasteiger partial charge >= 0.3 is 0 Å². The van der Waals surface area contributed by atoms with Crippen molar-refractivity contribution in [3.8, 4) is 0 Å². The minimum Gasteiger partial charge on any atom is -0.316 e. The molecule has 1 saturated carbocycles. The molecular formula is C16H34N2. The predicted molar refractivity (Wildman–Crippen MR) is 81.1 cm³/mol. The lowest BCUT2D eigenvalue weighted by atomic mass is 9.79. The molecule has 0 atom stereocenters. The van der Waals surface area contributed by atoms with Gasteiger partial charge in [0, 0.05) is 13.1 Å². The highest BCUT2D eigenvalue weighted by Crippen LogP contribution is 2.35. The van der Waals surface area contributed by atoms with E-state index in [2.05, 4.69) is 31.1 Å². The smallest absolute Gasteiger partial charge is 0.00471 e. The van der Waals surface area contributed by atoms with Crippen LogP contribution in [0.5, 0.6) is 0 Å². The lowest BCUT2D eigenvalue weighted by Crippen LogP contribution is -2.43. The van der Waals surface area contributed by atoms with Crippen LogP contribution in [0.3, 0.4) is 0 Å². The third-order valence-corrected chi connectivity index (χ3v) is 4.30. The van der Waals surface area contributed by atoms with E-state index in [0.717, 1.165) is 0 Å². The molecule has 0 aliphatic heterocycles. The van der Waals surface area contributed by atoms with Crippen molar-refractivity contribution in [2.75, 3.05) is 33.2 Å². The molecule has 1 rings (SSSR count). The van der Waals surface area contributed by atoms with Gasteiger partial charge in [0.2, 0.25) is 0 Å². The normalized spacial score (nSPS) is 20.0. The average molecular weight is 254 g/mol. The zero-order valence-electron chi connectivity index (χ0n) is 12.9. The Morgan fingerprint density at radius 3 is 2.22 bits per heavy atom. The van der Waals surface area contributed by atoms with Gasteiger partial charge in [0.15, 0.2) is 0 Å². The lowest BCUT2D eigenvalue weighted by molar-refractivity contribution is 0.146. The summed E-state index contributed by atoms with van der Waals surface area (Å²) >= 11 is 0. The molecule has 0 spiro atoms. The van der Waals surface area contributed by atoms with Crippen LogP contribution in [0.2, 0.25) is 0 Å². The second kappa shape index (κ2) is 8.92. The quantitative estimate of drug-likeness (QED) is 0.525. The van der Waals surface area contributed by atoms with Crippen LogP contribution in [-0.4, -0.2) is 38.1 Å².